The van der Waals surface area contributed by atoms with Gasteiger partial charge >= 0.3 is 0 Å². The van der Waals surface area contributed by atoms with E-state index < -0.39 is 0 Å². The molecular formula is C21H29ClFIN6. The van der Waals surface area contributed by atoms with Crippen molar-refractivity contribution in [1.82, 2.24) is 20.5 Å². The van der Waals surface area contributed by atoms with Gasteiger partial charge in [-0.15, -0.1) is 24.0 Å². The van der Waals surface area contributed by atoms with Crippen molar-refractivity contribution < 1.29 is 4.39 Å². The van der Waals surface area contributed by atoms with Crippen LogP contribution < -0.4 is 15.5 Å². The van der Waals surface area contributed by atoms with Gasteiger partial charge in [-0.1, -0.05) is 23.7 Å². The minimum Gasteiger partial charge on any atom is -0.354 e. The van der Waals surface area contributed by atoms with Crippen LogP contribution in [0, 0.1) is 5.82 Å². The number of halogens is 3. The Hall–Kier alpha value is -1.65. The first-order chi connectivity index (χ1) is 14.0. The van der Waals surface area contributed by atoms with Crippen LogP contribution in [0.5, 0.6) is 0 Å². The van der Waals surface area contributed by atoms with Gasteiger partial charge in [-0.05, 0) is 50.3 Å². The van der Waals surface area contributed by atoms with E-state index in [0.717, 1.165) is 23.9 Å². The molecule has 6 nitrogen and oxygen atoms in total. The molecule has 1 aromatic carbocycles. The van der Waals surface area contributed by atoms with Crippen molar-refractivity contribution >= 4 is 47.4 Å². The first-order valence-electron chi connectivity index (χ1n) is 9.72. The van der Waals surface area contributed by atoms with Crippen LogP contribution >= 0.6 is 35.6 Å². The zero-order valence-corrected chi connectivity index (χ0v) is 20.6. The molecule has 1 aliphatic rings. The van der Waals surface area contributed by atoms with E-state index >= 15 is 0 Å². The number of anilines is 1. The molecule has 0 spiro atoms. The van der Waals surface area contributed by atoms with Crippen LogP contribution in [-0.2, 0) is 0 Å². The Labute approximate surface area is 199 Å². The van der Waals surface area contributed by atoms with Gasteiger partial charge < -0.3 is 20.4 Å². The molecule has 30 heavy (non-hydrogen) atoms. The van der Waals surface area contributed by atoms with E-state index in [2.05, 4.69) is 25.5 Å². The average molecular weight is 547 g/mol. The lowest BCUT2D eigenvalue weighted by atomic mass is 10.1. The quantitative estimate of drug-likeness (QED) is 0.330. The lowest BCUT2D eigenvalue weighted by Gasteiger charge is -2.27. The molecule has 2 unspecified atom stereocenters. The van der Waals surface area contributed by atoms with E-state index in [-0.39, 0.29) is 41.9 Å². The highest BCUT2D eigenvalue weighted by molar-refractivity contribution is 14.0. The fourth-order valence-corrected chi connectivity index (χ4v) is 3.67. The summed E-state index contributed by atoms with van der Waals surface area (Å²) in [5, 5.41) is 7.59. The van der Waals surface area contributed by atoms with Gasteiger partial charge in [0, 0.05) is 43.9 Å². The van der Waals surface area contributed by atoms with E-state index in [4.69, 9.17) is 11.6 Å². The fraction of sp³-hybridized carbons (Fsp3) is 0.429. The lowest BCUT2D eigenvalue weighted by Crippen LogP contribution is -2.46. The molecule has 2 N–H and O–H groups in total. The minimum absolute atomic E-state index is 0. The molecule has 0 saturated carbocycles. The molecule has 1 fully saturated rings. The number of nitrogens with zero attached hydrogens (tertiary/aromatic N) is 4. The summed E-state index contributed by atoms with van der Waals surface area (Å²) >= 11 is 6.02. The number of rotatable bonds is 6. The Morgan fingerprint density at radius 2 is 2.07 bits per heavy atom. The van der Waals surface area contributed by atoms with Crippen molar-refractivity contribution in [3.05, 3.63) is 59.0 Å². The highest BCUT2D eigenvalue weighted by Crippen LogP contribution is 2.21. The Morgan fingerprint density at radius 1 is 1.33 bits per heavy atom. The lowest BCUT2D eigenvalue weighted by molar-refractivity contribution is 0.298. The van der Waals surface area contributed by atoms with Gasteiger partial charge in [0.2, 0.25) is 0 Å². The predicted octanol–water partition coefficient (Wildman–Crippen LogP) is 3.54. The third-order valence-electron chi connectivity index (χ3n) is 5.13. The van der Waals surface area contributed by atoms with Crippen LogP contribution in [0.25, 0.3) is 0 Å². The standard InChI is InChI=1S/C21H28ClFN6.HI/c1-24-21(26-13-19(28(2)3)15-6-8-16(22)9-7-15)27-17-10-12-29(14-17)20-18(23)5-4-11-25-20;/h4-9,11,17,19H,10,12-14H2,1-3H3,(H2,24,26,27);1H. The van der Waals surface area contributed by atoms with E-state index in [1.165, 1.54) is 11.6 Å². The summed E-state index contributed by atoms with van der Waals surface area (Å²) in [6, 6.07) is 11.3. The molecule has 0 radical (unpaired) electrons. The van der Waals surface area contributed by atoms with Crippen LogP contribution in [0.2, 0.25) is 5.02 Å². The van der Waals surface area contributed by atoms with E-state index in [1.807, 2.05) is 43.3 Å². The van der Waals surface area contributed by atoms with Gasteiger partial charge in [0.1, 0.15) is 0 Å². The zero-order chi connectivity index (χ0) is 20.8. The first-order valence-corrected chi connectivity index (χ1v) is 10.1. The van der Waals surface area contributed by atoms with Crippen molar-refractivity contribution in [3.63, 3.8) is 0 Å². The topological polar surface area (TPSA) is 55.8 Å². The number of benzene rings is 1. The molecule has 2 aromatic rings. The largest absolute Gasteiger partial charge is 0.354 e. The highest BCUT2D eigenvalue weighted by atomic mass is 127. The van der Waals surface area contributed by atoms with Gasteiger partial charge in [0.25, 0.3) is 0 Å². The number of likely N-dealkylation sites (N-methyl/N-ethyl adjacent to an activating group) is 1. The zero-order valence-electron chi connectivity index (χ0n) is 17.5. The van der Waals surface area contributed by atoms with Crippen molar-refractivity contribution in [2.75, 3.05) is 45.7 Å². The summed E-state index contributed by atoms with van der Waals surface area (Å²) in [4.78, 5) is 12.7. The summed E-state index contributed by atoms with van der Waals surface area (Å²) in [5.41, 5.74) is 1.18. The molecule has 2 atom stereocenters. The number of hydrogen-bond acceptors (Lipinski definition) is 4. The second kappa shape index (κ2) is 11.7. The molecule has 1 aromatic heterocycles. The number of guanidine groups is 1. The van der Waals surface area contributed by atoms with Crippen LogP contribution in [0.3, 0.4) is 0 Å². The van der Waals surface area contributed by atoms with E-state index in [1.54, 1.807) is 19.3 Å². The number of hydrogen-bond donors (Lipinski definition) is 2. The number of aliphatic imine (C=N–C) groups is 1. The van der Waals surface area contributed by atoms with Crippen LogP contribution in [-0.4, -0.2) is 62.7 Å². The molecule has 0 bridgehead atoms. The summed E-state index contributed by atoms with van der Waals surface area (Å²) in [6.45, 7) is 2.14. The Balaban J connectivity index is 0.00000320. The van der Waals surface area contributed by atoms with E-state index in [0.29, 0.717) is 18.9 Å². The van der Waals surface area contributed by atoms with Crippen molar-refractivity contribution in [1.29, 1.82) is 0 Å². The first kappa shape index (κ1) is 24.6. The summed E-state index contributed by atoms with van der Waals surface area (Å²) < 4.78 is 14.0. The molecule has 1 aliphatic heterocycles. The normalized spacial score (nSPS) is 17.6. The van der Waals surface area contributed by atoms with E-state index in [9.17, 15) is 4.39 Å². The maximum Gasteiger partial charge on any atom is 0.191 e. The van der Waals surface area contributed by atoms with Crippen LogP contribution in [0.15, 0.2) is 47.6 Å². The van der Waals surface area contributed by atoms with Gasteiger partial charge in [-0.3, -0.25) is 4.99 Å². The maximum atomic E-state index is 14.0. The van der Waals surface area contributed by atoms with Gasteiger partial charge in [-0.2, -0.15) is 0 Å². The summed E-state index contributed by atoms with van der Waals surface area (Å²) in [6.07, 6.45) is 2.52. The summed E-state index contributed by atoms with van der Waals surface area (Å²) in [5.74, 6) is 0.863. The Morgan fingerprint density at radius 3 is 2.70 bits per heavy atom. The molecule has 164 valence electrons. The van der Waals surface area contributed by atoms with Gasteiger partial charge in [0.15, 0.2) is 17.6 Å². The molecular weight excluding hydrogens is 518 g/mol. The fourth-order valence-electron chi connectivity index (χ4n) is 3.55. The Bertz CT molecular complexity index is 833. The van der Waals surface area contributed by atoms with Crippen LogP contribution in [0.4, 0.5) is 10.2 Å². The van der Waals surface area contributed by atoms with Crippen molar-refractivity contribution in [2.24, 2.45) is 4.99 Å². The highest BCUT2D eigenvalue weighted by Gasteiger charge is 2.26. The van der Waals surface area contributed by atoms with Gasteiger partial charge in [0.05, 0.1) is 6.04 Å². The molecule has 0 aliphatic carbocycles. The molecule has 3 rings (SSSR count). The predicted molar refractivity (Wildman–Crippen MR) is 133 cm³/mol. The second-order valence-electron chi connectivity index (χ2n) is 7.37. The molecule has 9 heteroatoms. The summed E-state index contributed by atoms with van der Waals surface area (Å²) in [7, 11) is 5.86. The number of aromatic nitrogens is 1. The van der Waals surface area contributed by atoms with Crippen molar-refractivity contribution in [3.8, 4) is 0 Å². The number of nitrogens with one attached hydrogen (secondary N) is 2. The average Bonchev–Trinajstić information content (AvgIpc) is 3.17. The third kappa shape index (κ3) is 6.42. The minimum atomic E-state index is -0.285. The van der Waals surface area contributed by atoms with Crippen LogP contribution in [0.1, 0.15) is 18.0 Å². The molecule has 0 amide bonds. The van der Waals surface area contributed by atoms with Gasteiger partial charge in [-0.25, -0.2) is 9.37 Å². The van der Waals surface area contributed by atoms with Crippen molar-refractivity contribution in [2.45, 2.75) is 18.5 Å². The smallest absolute Gasteiger partial charge is 0.191 e. The Kier molecular flexibility index (Phi) is 9.57. The molecule has 2 heterocycles. The maximum absolute atomic E-state index is 14.0. The SMILES string of the molecule is CN=C(NCC(c1ccc(Cl)cc1)N(C)C)NC1CCN(c2ncccc2F)C1.I. The second-order valence-corrected chi connectivity index (χ2v) is 7.81. The number of pyridine rings is 1. The third-order valence-corrected chi connectivity index (χ3v) is 5.38. The monoisotopic (exact) mass is 546 g/mol. The molecule has 1 saturated heterocycles.